The molecule has 134 valence electrons. The molecule has 1 N–H and O–H groups in total. The molecule has 5 nitrogen and oxygen atoms in total. The Hall–Kier alpha value is -1.89. The fraction of sp³-hybridized carbons (Fsp3) is 0.389. The first-order valence-electron chi connectivity index (χ1n) is 8.22. The summed E-state index contributed by atoms with van der Waals surface area (Å²) in [4.78, 5) is 14.7. The molecule has 1 aromatic heterocycles. The normalized spacial score (nSPS) is 16.6. The molecular formula is C18H21ClFN3O2. The summed E-state index contributed by atoms with van der Waals surface area (Å²) < 4.78 is 20.6. The van der Waals surface area contributed by atoms with Gasteiger partial charge < -0.3 is 14.6 Å². The molecule has 0 aliphatic carbocycles. The maximum Gasteiger partial charge on any atom is 0.252 e. The van der Waals surface area contributed by atoms with Crippen LogP contribution < -0.4 is 5.32 Å². The number of nitrogens with one attached hydrogen (secondary N) is 1. The van der Waals surface area contributed by atoms with Gasteiger partial charge in [0.1, 0.15) is 5.82 Å². The van der Waals surface area contributed by atoms with Crippen LogP contribution in [0.25, 0.3) is 0 Å². The Morgan fingerprint density at radius 2 is 2.12 bits per heavy atom. The number of benzene rings is 1. The predicted octanol–water partition coefficient (Wildman–Crippen LogP) is 2.62. The van der Waals surface area contributed by atoms with Gasteiger partial charge in [0.05, 0.1) is 29.8 Å². The van der Waals surface area contributed by atoms with Gasteiger partial charge in [-0.3, -0.25) is 9.69 Å². The fourth-order valence-electron chi connectivity index (χ4n) is 3.09. The van der Waals surface area contributed by atoms with Crippen molar-refractivity contribution in [3.05, 3.63) is 58.6 Å². The van der Waals surface area contributed by atoms with E-state index in [-0.39, 0.29) is 22.5 Å². The summed E-state index contributed by atoms with van der Waals surface area (Å²) in [6, 6.07) is 7.86. The van der Waals surface area contributed by atoms with Gasteiger partial charge in [0.2, 0.25) is 0 Å². The van der Waals surface area contributed by atoms with Crippen LogP contribution in [0.5, 0.6) is 0 Å². The number of rotatable bonds is 5. The number of aryl methyl sites for hydroxylation is 1. The van der Waals surface area contributed by atoms with E-state index in [1.165, 1.54) is 12.1 Å². The summed E-state index contributed by atoms with van der Waals surface area (Å²) in [7, 11) is 1.99. The molecule has 2 heterocycles. The number of carbonyl (C=O) groups excluding carboxylic acids is 1. The van der Waals surface area contributed by atoms with Crippen molar-refractivity contribution in [1.82, 2.24) is 14.8 Å². The van der Waals surface area contributed by atoms with E-state index in [1.807, 2.05) is 19.3 Å². The van der Waals surface area contributed by atoms with Crippen molar-refractivity contribution >= 4 is 17.5 Å². The average molecular weight is 366 g/mol. The molecule has 0 saturated carbocycles. The van der Waals surface area contributed by atoms with Crippen molar-refractivity contribution in [3.8, 4) is 0 Å². The Kier molecular flexibility index (Phi) is 5.73. The van der Waals surface area contributed by atoms with Crippen molar-refractivity contribution in [1.29, 1.82) is 0 Å². The van der Waals surface area contributed by atoms with E-state index in [9.17, 15) is 9.18 Å². The molecule has 1 unspecified atom stereocenters. The lowest BCUT2D eigenvalue weighted by Crippen LogP contribution is -2.44. The Morgan fingerprint density at radius 1 is 1.36 bits per heavy atom. The summed E-state index contributed by atoms with van der Waals surface area (Å²) in [6.45, 7) is 3.41. The standard InChI is InChI=1S/C18H21ClFN3O2/c1-22-6-2-3-16(22)17(23-7-9-25-10-8-23)12-21-18(24)14-5-4-13(20)11-15(14)19/h2-6,11,17H,7-10,12H2,1H3,(H,21,24). The van der Waals surface area contributed by atoms with Gasteiger partial charge in [0.15, 0.2) is 0 Å². The first-order chi connectivity index (χ1) is 12.1. The van der Waals surface area contributed by atoms with Crippen molar-refractivity contribution in [2.45, 2.75) is 6.04 Å². The summed E-state index contributed by atoms with van der Waals surface area (Å²) in [5.41, 5.74) is 1.39. The van der Waals surface area contributed by atoms with Gasteiger partial charge in [-0.2, -0.15) is 0 Å². The van der Waals surface area contributed by atoms with Crippen LogP contribution in [0.4, 0.5) is 4.39 Å². The number of nitrogens with zero attached hydrogens (tertiary/aromatic N) is 2. The van der Waals surface area contributed by atoms with E-state index in [2.05, 4.69) is 20.9 Å². The minimum Gasteiger partial charge on any atom is -0.379 e. The second kappa shape index (κ2) is 7.99. The van der Waals surface area contributed by atoms with Crippen LogP contribution >= 0.6 is 11.6 Å². The van der Waals surface area contributed by atoms with Crippen LogP contribution in [0.2, 0.25) is 5.02 Å². The van der Waals surface area contributed by atoms with E-state index >= 15 is 0 Å². The van der Waals surface area contributed by atoms with Gasteiger partial charge in [-0.05, 0) is 30.3 Å². The minimum absolute atomic E-state index is 0.0343. The predicted molar refractivity (Wildman–Crippen MR) is 94.3 cm³/mol. The van der Waals surface area contributed by atoms with Crippen molar-refractivity contribution < 1.29 is 13.9 Å². The minimum atomic E-state index is -0.462. The number of amides is 1. The highest BCUT2D eigenvalue weighted by molar-refractivity contribution is 6.33. The molecule has 1 aliphatic heterocycles. The van der Waals surface area contributed by atoms with Gasteiger partial charge in [0, 0.05) is 38.6 Å². The molecule has 1 atom stereocenters. The number of hydrogen-bond donors (Lipinski definition) is 1. The van der Waals surface area contributed by atoms with Crippen LogP contribution in [0.15, 0.2) is 36.5 Å². The van der Waals surface area contributed by atoms with E-state index in [4.69, 9.17) is 16.3 Å². The first-order valence-corrected chi connectivity index (χ1v) is 8.60. The quantitative estimate of drug-likeness (QED) is 0.886. The fourth-order valence-corrected chi connectivity index (χ4v) is 3.34. The lowest BCUT2D eigenvalue weighted by molar-refractivity contribution is 0.0148. The van der Waals surface area contributed by atoms with Crippen LogP contribution in [-0.4, -0.2) is 48.2 Å². The molecule has 2 aromatic rings. The third kappa shape index (κ3) is 4.21. The first kappa shape index (κ1) is 17.9. The van der Waals surface area contributed by atoms with E-state index in [1.54, 1.807) is 0 Å². The Labute approximate surface area is 151 Å². The second-order valence-corrected chi connectivity index (χ2v) is 6.45. The van der Waals surface area contributed by atoms with Crippen molar-refractivity contribution in [3.63, 3.8) is 0 Å². The highest BCUT2D eigenvalue weighted by atomic mass is 35.5. The number of hydrogen-bond acceptors (Lipinski definition) is 3. The summed E-state index contributed by atoms with van der Waals surface area (Å²) in [5, 5.41) is 3.04. The van der Waals surface area contributed by atoms with Gasteiger partial charge in [0.25, 0.3) is 5.91 Å². The van der Waals surface area contributed by atoms with E-state index in [0.717, 1.165) is 24.8 Å². The molecule has 0 spiro atoms. The molecule has 0 bridgehead atoms. The lowest BCUT2D eigenvalue weighted by Gasteiger charge is -2.35. The molecule has 1 saturated heterocycles. The van der Waals surface area contributed by atoms with Crippen LogP contribution in [0.1, 0.15) is 22.1 Å². The van der Waals surface area contributed by atoms with Gasteiger partial charge in [-0.15, -0.1) is 0 Å². The molecular weight excluding hydrogens is 345 g/mol. The molecule has 1 fully saturated rings. The zero-order valence-electron chi connectivity index (χ0n) is 14.0. The van der Waals surface area contributed by atoms with Crippen molar-refractivity contribution in [2.75, 3.05) is 32.8 Å². The molecule has 25 heavy (non-hydrogen) atoms. The second-order valence-electron chi connectivity index (χ2n) is 6.04. The molecule has 1 amide bonds. The molecule has 7 heteroatoms. The van der Waals surface area contributed by atoms with Gasteiger partial charge in [-0.25, -0.2) is 4.39 Å². The molecule has 1 aromatic carbocycles. The zero-order chi connectivity index (χ0) is 17.8. The Bertz CT molecular complexity index is 744. The Balaban J connectivity index is 1.74. The SMILES string of the molecule is Cn1cccc1C(CNC(=O)c1ccc(F)cc1Cl)N1CCOCC1. The highest BCUT2D eigenvalue weighted by Crippen LogP contribution is 2.22. The number of aromatic nitrogens is 1. The van der Waals surface area contributed by atoms with Gasteiger partial charge >= 0.3 is 0 Å². The third-order valence-corrected chi connectivity index (χ3v) is 4.76. The monoisotopic (exact) mass is 365 g/mol. The van der Waals surface area contributed by atoms with E-state index in [0.29, 0.717) is 19.8 Å². The maximum atomic E-state index is 13.2. The number of halogens is 2. The van der Waals surface area contributed by atoms with Crippen LogP contribution in [0, 0.1) is 5.82 Å². The van der Waals surface area contributed by atoms with E-state index < -0.39 is 5.82 Å². The number of carbonyl (C=O) groups is 1. The maximum absolute atomic E-state index is 13.2. The summed E-state index contributed by atoms with van der Waals surface area (Å²) >= 11 is 5.98. The summed E-state index contributed by atoms with van der Waals surface area (Å²) in [5.74, 6) is -0.769. The number of ether oxygens (including phenoxy) is 1. The smallest absolute Gasteiger partial charge is 0.252 e. The molecule has 1 aliphatic rings. The van der Waals surface area contributed by atoms with Crippen LogP contribution in [-0.2, 0) is 11.8 Å². The lowest BCUT2D eigenvalue weighted by atomic mass is 10.1. The molecule has 0 radical (unpaired) electrons. The average Bonchev–Trinajstić information content (AvgIpc) is 3.02. The van der Waals surface area contributed by atoms with Crippen molar-refractivity contribution in [2.24, 2.45) is 7.05 Å². The highest BCUT2D eigenvalue weighted by Gasteiger charge is 2.25. The molecule has 3 rings (SSSR count). The van der Waals surface area contributed by atoms with Gasteiger partial charge in [-0.1, -0.05) is 11.6 Å². The number of morpholine rings is 1. The third-order valence-electron chi connectivity index (χ3n) is 4.44. The largest absolute Gasteiger partial charge is 0.379 e. The Morgan fingerprint density at radius 3 is 2.76 bits per heavy atom. The van der Waals surface area contributed by atoms with Crippen LogP contribution in [0.3, 0.4) is 0 Å². The topological polar surface area (TPSA) is 46.5 Å². The summed E-state index contributed by atoms with van der Waals surface area (Å²) in [6.07, 6.45) is 1.99. The zero-order valence-corrected chi connectivity index (χ0v) is 14.8.